The zero-order valence-electron chi connectivity index (χ0n) is 27.1. The zero-order chi connectivity index (χ0) is 32.8. The summed E-state index contributed by atoms with van der Waals surface area (Å²) in [5.41, 5.74) is 7.08. The van der Waals surface area contributed by atoms with Crippen LogP contribution in [0.1, 0.15) is 77.2 Å². The van der Waals surface area contributed by atoms with Gasteiger partial charge in [0.15, 0.2) is 5.78 Å². The second-order valence-electron chi connectivity index (χ2n) is 12.3. The first-order chi connectivity index (χ1) is 22.9. The van der Waals surface area contributed by atoms with Crippen molar-refractivity contribution in [3.8, 4) is 23.0 Å². The highest BCUT2D eigenvalue weighted by atomic mass is 16.5. The van der Waals surface area contributed by atoms with E-state index in [1.54, 1.807) is 24.3 Å². The molecule has 0 fully saturated rings. The van der Waals surface area contributed by atoms with Gasteiger partial charge in [-0.3, -0.25) is 4.79 Å². The summed E-state index contributed by atoms with van der Waals surface area (Å²) in [6, 6.07) is 38.8. The summed E-state index contributed by atoms with van der Waals surface area (Å²) in [4.78, 5) is 13.2. The van der Waals surface area contributed by atoms with E-state index < -0.39 is 0 Å². The van der Waals surface area contributed by atoms with Gasteiger partial charge in [0, 0.05) is 17.0 Å². The second-order valence-corrected chi connectivity index (χ2v) is 12.3. The molecule has 0 radical (unpaired) electrons. The molecule has 0 heterocycles. The predicted molar refractivity (Wildman–Crippen MR) is 189 cm³/mol. The molecule has 3 unspecified atom stereocenters. The molecule has 5 aromatic carbocycles. The summed E-state index contributed by atoms with van der Waals surface area (Å²) in [5.74, 6) is 3.93. The van der Waals surface area contributed by atoms with E-state index in [4.69, 9.17) is 9.47 Å². The Balaban J connectivity index is 1.02. The smallest absolute Gasteiger partial charge is 0.193 e. The monoisotopic (exact) mass is 620 g/mol. The number of aliphatic hydroxyl groups is 1. The minimum absolute atomic E-state index is 0.0469. The van der Waals surface area contributed by atoms with Gasteiger partial charge in [-0.15, -0.1) is 0 Å². The molecule has 1 N–H and O–H groups in total. The van der Waals surface area contributed by atoms with Crippen molar-refractivity contribution < 1.29 is 19.4 Å². The normalized spacial score (nSPS) is 15.4. The molecule has 5 aromatic rings. The largest absolute Gasteiger partial charge is 0.457 e. The summed E-state index contributed by atoms with van der Waals surface area (Å²) in [5, 5.41) is 9.29. The third kappa shape index (κ3) is 7.79. The van der Waals surface area contributed by atoms with E-state index in [2.05, 4.69) is 75.4 Å². The Hall–Kier alpha value is -5.19. The summed E-state index contributed by atoms with van der Waals surface area (Å²) in [7, 11) is 0. The molecule has 0 bridgehead atoms. The molecule has 47 heavy (non-hydrogen) atoms. The number of carbonyl (C=O) groups excluding carboxylic acids is 1. The van der Waals surface area contributed by atoms with Crippen LogP contribution in [0.15, 0.2) is 145 Å². The Labute approximate surface area is 277 Å². The van der Waals surface area contributed by atoms with Crippen LogP contribution in [0.25, 0.3) is 0 Å². The average molecular weight is 621 g/mol. The minimum Gasteiger partial charge on any atom is -0.457 e. The molecule has 1 aliphatic rings. The summed E-state index contributed by atoms with van der Waals surface area (Å²) >= 11 is 0. The summed E-state index contributed by atoms with van der Waals surface area (Å²) in [6.07, 6.45) is 7.91. The van der Waals surface area contributed by atoms with Gasteiger partial charge in [0.2, 0.25) is 0 Å². The van der Waals surface area contributed by atoms with Gasteiger partial charge in [-0.2, -0.15) is 0 Å². The van der Waals surface area contributed by atoms with Crippen molar-refractivity contribution in [2.45, 2.75) is 45.6 Å². The number of ether oxygens (including phenoxy) is 2. The zero-order valence-corrected chi connectivity index (χ0v) is 27.1. The fourth-order valence-electron chi connectivity index (χ4n) is 5.92. The quantitative estimate of drug-likeness (QED) is 0.149. The molecule has 236 valence electrons. The van der Waals surface area contributed by atoms with Crippen LogP contribution in [0.3, 0.4) is 0 Å². The van der Waals surface area contributed by atoms with Gasteiger partial charge in [0.05, 0.1) is 6.61 Å². The number of carbonyl (C=O) groups is 1. The first kappa shape index (κ1) is 31.8. The molecule has 4 nitrogen and oxygen atoms in total. The number of aliphatic hydroxyl groups excluding tert-OH is 1. The van der Waals surface area contributed by atoms with E-state index in [1.165, 1.54) is 22.3 Å². The molecule has 6 rings (SSSR count). The highest BCUT2D eigenvalue weighted by Gasteiger charge is 2.18. The van der Waals surface area contributed by atoms with Crippen molar-refractivity contribution in [1.29, 1.82) is 0 Å². The topological polar surface area (TPSA) is 55.8 Å². The van der Waals surface area contributed by atoms with E-state index in [0.717, 1.165) is 23.5 Å². The van der Waals surface area contributed by atoms with E-state index in [-0.39, 0.29) is 18.3 Å². The Kier molecular flexibility index (Phi) is 9.80. The number of ketones is 1. The maximum atomic E-state index is 13.2. The van der Waals surface area contributed by atoms with E-state index >= 15 is 0 Å². The van der Waals surface area contributed by atoms with Gasteiger partial charge >= 0.3 is 0 Å². The maximum absolute atomic E-state index is 13.2. The van der Waals surface area contributed by atoms with Crippen LogP contribution in [0.5, 0.6) is 23.0 Å². The number of allylic oxidation sites excluding steroid dienone is 4. The molecule has 0 saturated carbocycles. The highest BCUT2D eigenvalue weighted by molar-refractivity contribution is 6.09. The molecule has 4 heteroatoms. The van der Waals surface area contributed by atoms with Crippen LogP contribution < -0.4 is 9.47 Å². The Morgan fingerprint density at radius 2 is 1.09 bits per heavy atom. The van der Waals surface area contributed by atoms with Crippen LogP contribution in [0.4, 0.5) is 0 Å². The van der Waals surface area contributed by atoms with Gasteiger partial charge in [0.1, 0.15) is 23.0 Å². The van der Waals surface area contributed by atoms with Gasteiger partial charge in [-0.25, -0.2) is 0 Å². The predicted octanol–water partition coefficient (Wildman–Crippen LogP) is 10.8. The van der Waals surface area contributed by atoms with Crippen molar-refractivity contribution in [3.63, 3.8) is 0 Å². The van der Waals surface area contributed by atoms with E-state index in [0.29, 0.717) is 34.5 Å². The lowest BCUT2D eigenvalue weighted by molar-refractivity contribution is 0.103. The molecule has 3 atom stereocenters. The lowest BCUT2D eigenvalue weighted by Crippen LogP contribution is -2.09. The van der Waals surface area contributed by atoms with Crippen molar-refractivity contribution in [2.24, 2.45) is 5.92 Å². The molecule has 0 amide bonds. The third-order valence-electron chi connectivity index (χ3n) is 9.11. The molecule has 0 spiro atoms. The van der Waals surface area contributed by atoms with E-state index in [9.17, 15) is 9.90 Å². The number of hydrogen-bond donors (Lipinski definition) is 1. The Bertz CT molecular complexity index is 1850. The molecular formula is C43H40O4. The minimum atomic E-state index is -0.0615. The van der Waals surface area contributed by atoms with Gasteiger partial charge < -0.3 is 14.6 Å². The lowest BCUT2D eigenvalue weighted by Gasteiger charge is -2.23. The lowest BCUT2D eigenvalue weighted by atomic mass is 9.82. The van der Waals surface area contributed by atoms with Crippen LogP contribution in [-0.2, 0) is 6.61 Å². The van der Waals surface area contributed by atoms with Crippen molar-refractivity contribution >= 4 is 5.78 Å². The fourth-order valence-corrected chi connectivity index (χ4v) is 5.92. The highest BCUT2D eigenvalue weighted by Crippen LogP contribution is 2.33. The maximum Gasteiger partial charge on any atom is 0.193 e. The van der Waals surface area contributed by atoms with Crippen LogP contribution in [0, 0.1) is 5.92 Å². The fraction of sp³-hybridized carbons (Fsp3) is 0.186. The SMILES string of the molecule is CC1=CCC(C(C)c2ccc(Oc3ccc(C(=O)c4ccc(Oc5ccc(C(C)c6ccc(CO)cc6)cc5)cc4)cc3)cc2)C=C1. The summed E-state index contributed by atoms with van der Waals surface area (Å²) < 4.78 is 12.1. The number of benzene rings is 5. The second kappa shape index (κ2) is 14.5. The Morgan fingerprint density at radius 1 is 0.660 bits per heavy atom. The first-order valence-corrected chi connectivity index (χ1v) is 16.2. The van der Waals surface area contributed by atoms with Crippen molar-refractivity contribution in [1.82, 2.24) is 0 Å². The number of rotatable bonds is 11. The standard InChI is InChI=1S/C43H40O4/c1-29-4-8-33(9-5-29)30(2)35-12-20-39(21-13-35)46-41-24-16-37(17-25-41)43(45)38-18-26-42(27-19-38)47-40-22-14-36(15-23-40)31(3)34-10-6-32(28-44)7-11-34/h4-8,10-27,30-31,33,44H,9,28H2,1-3H3. The van der Waals surface area contributed by atoms with Crippen LogP contribution >= 0.6 is 0 Å². The van der Waals surface area contributed by atoms with Gasteiger partial charge in [0.25, 0.3) is 0 Å². The molecule has 1 aliphatic carbocycles. The molecular weight excluding hydrogens is 580 g/mol. The average Bonchev–Trinajstić information content (AvgIpc) is 3.12. The molecule has 0 aliphatic heterocycles. The van der Waals surface area contributed by atoms with E-state index in [1.807, 2.05) is 60.7 Å². The van der Waals surface area contributed by atoms with Gasteiger partial charge in [-0.05, 0) is 120 Å². The number of hydrogen-bond acceptors (Lipinski definition) is 4. The van der Waals surface area contributed by atoms with Crippen LogP contribution in [-0.4, -0.2) is 10.9 Å². The molecule has 0 aromatic heterocycles. The molecule has 0 saturated heterocycles. The summed E-state index contributed by atoms with van der Waals surface area (Å²) in [6.45, 7) is 6.63. The van der Waals surface area contributed by atoms with Crippen molar-refractivity contribution in [3.05, 3.63) is 179 Å². The van der Waals surface area contributed by atoms with Crippen LogP contribution in [0.2, 0.25) is 0 Å². The Morgan fingerprint density at radius 3 is 1.51 bits per heavy atom. The first-order valence-electron chi connectivity index (χ1n) is 16.2. The van der Waals surface area contributed by atoms with Gasteiger partial charge in [-0.1, -0.05) is 86.2 Å². The van der Waals surface area contributed by atoms with Crippen molar-refractivity contribution in [2.75, 3.05) is 0 Å². The third-order valence-corrected chi connectivity index (χ3v) is 9.11.